The molecule has 22 heavy (non-hydrogen) atoms. The third-order valence-electron chi connectivity index (χ3n) is 3.29. The second-order valence-corrected chi connectivity index (χ2v) is 6.65. The van der Waals surface area contributed by atoms with Gasteiger partial charge in [-0.15, -0.1) is 0 Å². The molecule has 120 valence electrons. The highest BCUT2D eigenvalue weighted by Gasteiger charge is 2.46. The quantitative estimate of drug-likeness (QED) is 0.934. The summed E-state index contributed by atoms with van der Waals surface area (Å²) in [6.45, 7) is 2.33. The first-order valence-corrected chi connectivity index (χ1v) is 7.74. The molecule has 0 aliphatic heterocycles. The number of rotatable bonds is 4. The standard InChI is InChI=1S/C13H14F3N3O2S/c1-9-10(8-18-19(9)2)7-17-11-3-5-12(6-4-11)22(20,21)13(14,15)16/h3-6,8,17H,7H2,1-2H3. The summed E-state index contributed by atoms with van der Waals surface area (Å²) in [5.74, 6) is 0. The van der Waals surface area contributed by atoms with E-state index in [1.165, 1.54) is 12.1 Å². The lowest BCUT2D eigenvalue weighted by atomic mass is 10.2. The van der Waals surface area contributed by atoms with Crippen LogP contribution in [0.2, 0.25) is 0 Å². The van der Waals surface area contributed by atoms with Crippen LogP contribution in [-0.2, 0) is 23.4 Å². The Morgan fingerprint density at radius 3 is 2.27 bits per heavy atom. The molecular weight excluding hydrogens is 319 g/mol. The predicted molar refractivity (Wildman–Crippen MR) is 75.0 cm³/mol. The second kappa shape index (κ2) is 5.64. The van der Waals surface area contributed by atoms with Crippen LogP contribution in [0, 0.1) is 6.92 Å². The first-order chi connectivity index (χ1) is 10.1. The molecule has 0 radical (unpaired) electrons. The molecule has 0 amide bonds. The number of halogens is 3. The molecule has 0 unspecified atom stereocenters. The second-order valence-electron chi connectivity index (χ2n) is 4.71. The van der Waals surface area contributed by atoms with Crippen molar-refractivity contribution in [2.75, 3.05) is 5.32 Å². The van der Waals surface area contributed by atoms with E-state index in [0.717, 1.165) is 23.4 Å². The average molecular weight is 333 g/mol. The monoisotopic (exact) mass is 333 g/mol. The third-order valence-corrected chi connectivity index (χ3v) is 4.79. The van der Waals surface area contributed by atoms with Gasteiger partial charge in [-0.05, 0) is 31.2 Å². The van der Waals surface area contributed by atoms with Gasteiger partial charge in [-0.1, -0.05) is 0 Å². The number of nitrogens with zero attached hydrogens (tertiary/aromatic N) is 2. The van der Waals surface area contributed by atoms with Crippen molar-refractivity contribution in [3.63, 3.8) is 0 Å². The molecule has 0 saturated carbocycles. The Labute approximate surface area is 125 Å². The van der Waals surface area contributed by atoms with Gasteiger partial charge in [0.15, 0.2) is 0 Å². The van der Waals surface area contributed by atoms with Gasteiger partial charge < -0.3 is 5.32 Å². The molecule has 1 heterocycles. The molecule has 2 aromatic rings. The van der Waals surface area contributed by atoms with Gasteiger partial charge in [0.25, 0.3) is 9.84 Å². The van der Waals surface area contributed by atoms with Gasteiger partial charge in [-0.2, -0.15) is 18.3 Å². The van der Waals surface area contributed by atoms with Gasteiger partial charge in [0.2, 0.25) is 0 Å². The number of anilines is 1. The van der Waals surface area contributed by atoms with Crippen molar-refractivity contribution in [3.8, 4) is 0 Å². The molecule has 1 aromatic carbocycles. The number of sulfone groups is 1. The van der Waals surface area contributed by atoms with Crippen LogP contribution in [0.3, 0.4) is 0 Å². The Hall–Kier alpha value is -2.03. The number of benzene rings is 1. The van der Waals surface area contributed by atoms with E-state index >= 15 is 0 Å². The summed E-state index contributed by atoms with van der Waals surface area (Å²) in [6, 6.07) is 4.46. The summed E-state index contributed by atoms with van der Waals surface area (Å²) in [5, 5.41) is 7.08. The summed E-state index contributed by atoms with van der Waals surface area (Å²) in [4.78, 5) is -0.775. The van der Waals surface area contributed by atoms with E-state index in [0.29, 0.717) is 12.2 Å². The molecule has 0 saturated heterocycles. The molecule has 5 nitrogen and oxygen atoms in total. The minimum absolute atomic E-state index is 0.436. The number of aromatic nitrogens is 2. The number of hydrogen-bond acceptors (Lipinski definition) is 4. The van der Waals surface area contributed by atoms with E-state index in [2.05, 4.69) is 10.4 Å². The van der Waals surface area contributed by atoms with E-state index in [4.69, 9.17) is 0 Å². The lowest BCUT2D eigenvalue weighted by Gasteiger charge is -2.10. The molecule has 1 N–H and O–H groups in total. The predicted octanol–water partition coefficient (Wildman–Crippen LogP) is 2.63. The smallest absolute Gasteiger partial charge is 0.381 e. The van der Waals surface area contributed by atoms with Crippen molar-refractivity contribution < 1.29 is 21.6 Å². The number of alkyl halides is 3. The van der Waals surface area contributed by atoms with Crippen molar-refractivity contribution >= 4 is 15.5 Å². The van der Waals surface area contributed by atoms with Gasteiger partial charge >= 0.3 is 5.51 Å². The molecule has 0 bridgehead atoms. The summed E-state index contributed by atoms with van der Waals surface area (Å²) in [5.41, 5.74) is -2.88. The van der Waals surface area contributed by atoms with E-state index < -0.39 is 20.2 Å². The fourth-order valence-electron chi connectivity index (χ4n) is 1.80. The van der Waals surface area contributed by atoms with Crippen LogP contribution in [0.4, 0.5) is 18.9 Å². The normalized spacial score (nSPS) is 12.4. The highest BCUT2D eigenvalue weighted by molar-refractivity contribution is 7.92. The summed E-state index contributed by atoms with van der Waals surface area (Å²) in [6.07, 6.45) is 1.69. The maximum atomic E-state index is 12.4. The topological polar surface area (TPSA) is 64.0 Å². The first kappa shape index (κ1) is 16.3. The first-order valence-electron chi connectivity index (χ1n) is 6.25. The van der Waals surface area contributed by atoms with E-state index in [1.807, 2.05) is 6.92 Å². The third kappa shape index (κ3) is 3.08. The van der Waals surface area contributed by atoms with Gasteiger partial charge in [-0.3, -0.25) is 4.68 Å². The van der Waals surface area contributed by atoms with Crippen LogP contribution in [0.5, 0.6) is 0 Å². The fourth-order valence-corrected chi connectivity index (χ4v) is 2.56. The molecule has 9 heteroatoms. The molecule has 0 spiro atoms. The fraction of sp³-hybridized carbons (Fsp3) is 0.308. The van der Waals surface area contributed by atoms with Crippen LogP contribution in [0.25, 0.3) is 0 Å². The Morgan fingerprint density at radius 1 is 1.23 bits per heavy atom. The maximum Gasteiger partial charge on any atom is 0.501 e. The van der Waals surface area contributed by atoms with Crippen molar-refractivity contribution in [1.82, 2.24) is 9.78 Å². The van der Waals surface area contributed by atoms with Crippen LogP contribution >= 0.6 is 0 Å². The minimum atomic E-state index is -5.30. The Bertz CT molecular complexity index is 765. The maximum absolute atomic E-state index is 12.4. The summed E-state index contributed by atoms with van der Waals surface area (Å²) in [7, 11) is -3.50. The zero-order valence-corrected chi connectivity index (χ0v) is 12.7. The van der Waals surface area contributed by atoms with Crippen molar-refractivity contribution in [1.29, 1.82) is 0 Å². The molecular formula is C13H14F3N3O2S. The van der Waals surface area contributed by atoms with Crippen molar-refractivity contribution in [2.45, 2.75) is 23.9 Å². The molecule has 2 rings (SSSR count). The van der Waals surface area contributed by atoms with Crippen LogP contribution < -0.4 is 5.32 Å². The molecule has 0 aliphatic rings. The van der Waals surface area contributed by atoms with Gasteiger partial charge in [0, 0.05) is 30.5 Å². The lowest BCUT2D eigenvalue weighted by Crippen LogP contribution is -2.23. The van der Waals surface area contributed by atoms with Crippen molar-refractivity contribution in [3.05, 3.63) is 41.7 Å². The van der Waals surface area contributed by atoms with Gasteiger partial charge in [0.1, 0.15) is 0 Å². The minimum Gasteiger partial charge on any atom is -0.381 e. The van der Waals surface area contributed by atoms with Crippen LogP contribution in [0.1, 0.15) is 11.3 Å². The molecule has 1 aromatic heterocycles. The molecule has 0 fully saturated rings. The zero-order chi connectivity index (χ0) is 16.5. The van der Waals surface area contributed by atoms with Gasteiger partial charge in [0.05, 0.1) is 11.1 Å². The highest BCUT2D eigenvalue weighted by Crippen LogP contribution is 2.30. The number of aryl methyl sites for hydroxylation is 1. The number of hydrogen-bond donors (Lipinski definition) is 1. The summed E-state index contributed by atoms with van der Waals surface area (Å²) >= 11 is 0. The number of nitrogens with one attached hydrogen (secondary N) is 1. The summed E-state index contributed by atoms with van der Waals surface area (Å²) < 4.78 is 61.4. The van der Waals surface area contributed by atoms with Crippen molar-refractivity contribution in [2.24, 2.45) is 7.05 Å². The van der Waals surface area contributed by atoms with Crippen LogP contribution in [0.15, 0.2) is 35.4 Å². The van der Waals surface area contributed by atoms with Gasteiger partial charge in [-0.25, -0.2) is 8.42 Å². The Morgan fingerprint density at radius 2 is 1.82 bits per heavy atom. The Balaban J connectivity index is 2.12. The SMILES string of the molecule is Cc1c(CNc2ccc(S(=O)(=O)C(F)(F)F)cc2)cnn1C. The van der Waals surface area contributed by atoms with E-state index in [9.17, 15) is 21.6 Å². The lowest BCUT2D eigenvalue weighted by molar-refractivity contribution is -0.0436. The molecule has 0 aliphatic carbocycles. The largest absolute Gasteiger partial charge is 0.501 e. The van der Waals surface area contributed by atoms with E-state index in [-0.39, 0.29) is 0 Å². The zero-order valence-electron chi connectivity index (χ0n) is 11.8. The molecule has 0 atom stereocenters. The van der Waals surface area contributed by atoms with Crippen LogP contribution in [-0.4, -0.2) is 23.7 Å². The highest BCUT2D eigenvalue weighted by atomic mass is 32.2. The van der Waals surface area contributed by atoms with E-state index in [1.54, 1.807) is 17.9 Å². The average Bonchev–Trinajstić information content (AvgIpc) is 2.76. The Kier molecular flexibility index (Phi) is 4.19.